The molecule has 1 aromatic rings. The molecule has 0 aromatic heterocycles. The fourth-order valence-corrected chi connectivity index (χ4v) is 2.84. The summed E-state index contributed by atoms with van der Waals surface area (Å²) in [5, 5.41) is 3.28. The normalized spacial score (nSPS) is 13.8. The lowest BCUT2D eigenvalue weighted by molar-refractivity contribution is 0.171. The second-order valence-electron chi connectivity index (χ2n) is 5.23. The third-order valence-electron chi connectivity index (χ3n) is 3.14. The molecule has 6 heteroatoms. The van der Waals surface area contributed by atoms with Crippen LogP contribution in [0.2, 0.25) is 0 Å². The highest BCUT2D eigenvalue weighted by atomic mass is 32.2. The highest BCUT2D eigenvalue weighted by molar-refractivity contribution is 7.89. The van der Waals surface area contributed by atoms with Crippen molar-refractivity contribution in [3.8, 4) is 0 Å². The molecule has 114 valence electrons. The molecule has 0 aliphatic carbocycles. The fourth-order valence-electron chi connectivity index (χ4n) is 1.79. The number of nitrogens with one attached hydrogen (secondary N) is 1. The van der Waals surface area contributed by atoms with E-state index in [1.807, 2.05) is 6.07 Å². The van der Waals surface area contributed by atoms with Gasteiger partial charge in [0.2, 0.25) is 10.0 Å². The number of rotatable bonds is 7. The highest BCUT2D eigenvalue weighted by Gasteiger charge is 2.23. The predicted octanol–water partition coefficient (Wildman–Crippen LogP) is 2.02. The lowest BCUT2D eigenvalue weighted by Gasteiger charge is -2.24. The first-order valence-corrected chi connectivity index (χ1v) is 8.01. The van der Waals surface area contributed by atoms with Crippen molar-refractivity contribution in [1.82, 2.24) is 4.31 Å². The van der Waals surface area contributed by atoms with Gasteiger partial charge in [0.05, 0.1) is 18.3 Å². The molecule has 0 heterocycles. The molecule has 0 saturated heterocycles. The first-order valence-electron chi connectivity index (χ1n) is 6.57. The van der Waals surface area contributed by atoms with Gasteiger partial charge >= 0.3 is 0 Å². The molecule has 0 radical (unpaired) electrons. The minimum absolute atomic E-state index is 0.0542. The van der Waals surface area contributed by atoms with Crippen LogP contribution >= 0.6 is 0 Å². The zero-order valence-corrected chi connectivity index (χ0v) is 13.6. The number of benzene rings is 1. The van der Waals surface area contributed by atoms with Crippen molar-refractivity contribution in [3.63, 3.8) is 0 Å². The van der Waals surface area contributed by atoms with E-state index in [9.17, 15) is 8.42 Å². The average Bonchev–Trinajstić information content (AvgIpc) is 2.38. The van der Waals surface area contributed by atoms with Gasteiger partial charge in [-0.3, -0.25) is 0 Å². The van der Waals surface area contributed by atoms with Crippen LogP contribution in [-0.4, -0.2) is 46.6 Å². The molecule has 1 atom stereocenters. The minimum atomic E-state index is -3.46. The Morgan fingerprint density at radius 2 is 1.85 bits per heavy atom. The quantitative estimate of drug-likeness (QED) is 0.837. The Kier molecular flexibility index (Phi) is 5.98. The van der Waals surface area contributed by atoms with Gasteiger partial charge in [-0.1, -0.05) is 26.0 Å². The maximum absolute atomic E-state index is 12.3. The van der Waals surface area contributed by atoms with Crippen LogP contribution in [0.4, 0.5) is 5.69 Å². The van der Waals surface area contributed by atoms with Gasteiger partial charge in [0.15, 0.2) is 0 Å². The molecule has 1 aromatic carbocycles. The molecule has 0 spiro atoms. The van der Waals surface area contributed by atoms with E-state index in [2.05, 4.69) is 19.2 Å². The second kappa shape index (κ2) is 7.06. The predicted molar refractivity (Wildman–Crippen MR) is 81.4 cm³/mol. The number of hydrogen-bond acceptors (Lipinski definition) is 4. The van der Waals surface area contributed by atoms with Crippen LogP contribution in [0.5, 0.6) is 0 Å². The van der Waals surface area contributed by atoms with E-state index in [0.29, 0.717) is 18.2 Å². The fraction of sp³-hybridized carbons (Fsp3) is 0.571. The first kappa shape index (κ1) is 16.9. The van der Waals surface area contributed by atoms with Crippen LogP contribution in [-0.2, 0) is 14.8 Å². The minimum Gasteiger partial charge on any atom is -0.383 e. The number of sulfonamides is 1. The van der Waals surface area contributed by atoms with Crippen molar-refractivity contribution in [3.05, 3.63) is 24.3 Å². The zero-order chi connectivity index (χ0) is 15.3. The first-order chi connectivity index (χ1) is 9.30. The van der Waals surface area contributed by atoms with E-state index >= 15 is 0 Å². The van der Waals surface area contributed by atoms with Gasteiger partial charge in [-0.25, -0.2) is 12.7 Å². The van der Waals surface area contributed by atoms with Gasteiger partial charge in [-0.2, -0.15) is 0 Å². The smallest absolute Gasteiger partial charge is 0.244 e. The monoisotopic (exact) mass is 300 g/mol. The van der Waals surface area contributed by atoms with Gasteiger partial charge in [0.1, 0.15) is 4.90 Å². The number of anilines is 1. The maximum Gasteiger partial charge on any atom is 0.244 e. The Bertz CT molecular complexity index is 527. The van der Waals surface area contributed by atoms with Crippen LogP contribution < -0.4 is 5.32 Å². The van der Waals surface area contributed by atoms with E-state index < -0.39 is 10.0 Å². The van der Waals surface area contributed by atoms with E-state index in [0.717, 1.165) is 0 Å². The van der Waals surface area contributed by atoms with Crippen molar-refractivity contribution in [2.45, 2.75) is 24.8 Å². The maximum atomic E-state index is 12.3. The van der Waals surface area contributed by atoms with Crippen LogP contribution in [0.1, 0.15) is 13.8 Å². The Morgan fingerprint density at radius 3 is 2.35 bits per heavy atom. The number of methoxy groups -OCH3 is 1. The summed E-state index contributed by atoms with van der Waals surface area (Å²) in [7, 11) is 1.23. The second-order valence-corrected chi connectivity index (χ2v) is 7.35. The zero-order valence-electron chi connectivity index (χ0n) is 12.8. The Morgan fingerprint density at radius 1 is 1.25 bits per heavy atom. The standard InChI is InChI=1S/C14H24N2O3S/c1-11(2)13(10-19-5)15-12-8-6-7-9-14(12)20(17,18)16(3)4/h6-9,11,13,15H,10H2,1-5H3. The van der Waals surface area contributed by atoms with Crippen molar-refractivity contribution >= 4 is 15.7 Å². The molecule has 1 N–H and O–H groups in total. The molecule has 1 rings (SSSR count). The molecule has 0 amide bonds. The van der Waals surface area contributed by atoms with E-state index in [1.54, 1.807) is 25.3 Å². The summed E-state index contributed by atoms with van der Waals surface area (Å²) in [5.74, 6) is 0.324. The van der Waals surface area contributed by atoms with E-state index in [4.69, 9.17) is 4.74 Å². The van der Waals surface area contributed by atoms with Crippen LogP contribution in [0.15, 0.2) is 29.2 Å². The van der Waals surface area contributed by atoms with Gasteiger partial charge < -0.3 is 10.1 Å². The third kappa shape index (κ3) is 3.94. The van der Waals surface area contributed by atoms with E-state index in [-0.39, 0.29) is 10.9 Å². The lowest BCUT2D eigenvalue weighted by Crippen LogP contribution is -2.32. The van der Waals surface area contributed by atoms with Gasteiger partial charge in [0, 0.05) is 21.2 Å². The van der Waals surface area contributed by atoms with Crippen LogP contribution in [0.25, 0.3) is 0 Å². The van der Waals surface area contributed by atoms with Crippen LogP contribution in [0.3, 0.4) is 0 Å². The summed E-state index contributed by atoms with van der Waals surface area (Å²) >= 11 is 0. The third-order valence-corrected chi connectivity index (χ3v) is 5.01. The summed E-state index contributed by atoms with van der Waals surface area (Å²) < 4.78 is 31.0. The lowest BCUT2D eigenvalue weighted by atomic mass is 10.1. The largest absolute Gasteiger partial charge is 0.383 e. The molecule has 1 unspecified atom stereocenters. The topological polar surface area (TPSA) is 58.6 Å². The molecule has 5 nitrogen and oxygen atoms in total. The van der Waals surface area contributed by atoms with Crippen molar-refractivity contribution in [1.29, 1.82) is 0 Å². The molecule has 0 bridgehead atoms. The molecular weight excluding hydrogens is 276 g/mol. The number of hydrogen-bond donors (Lipinski definition) is 1. The van der Waals surface area contributed by atoms with Crippen molar-refractivity contribution in [2.24, 2.45) is 5.92 Å². The average molecular weight is 300 g/mol. The molecular formula is C14H24N2O3S. The summed E-state index contributed by atoms with van der Waals surface area (Å²) in [6.45, 7) is 4.66. The Labute approximate surface area is 122 Å². The summed E-state index contributed by atoms with van der Waals surface area (Å²) in [6, 6.07) is 6.99. The van der Waals surface area contributed by atoms with Gasteiger partial charge in [-0.15, -0.1) is 0 Å². The van der Waals surface area contributed by atoms with Crippen LogP contribution in [0, 0.1) is 5.92 Å². The molecule has 20 heavy (non-hydrogen) atoms. The summed E-state index contributed by atoms with van der Waals surface area (Å²) in [4.78, 5) is 0.284. The summed E-state index contributed by atoms with van der Waals surface area (Å²) in [5.41, 5.74) is 0.608. The number of nitrogens with zero attached hydrogens (tertiary/aromatic N) is 1. The number of ether oxygens (including phenoxy) is 1. The molecule has 0 aliphatic heterocycles. The Balaban J connectivity index is 3.14. The molecule has 0 saturated carbocycles. The van der Waals surface area contributed by atoms with E-state index in [1.165, 1.54) is 18.4 Å². The van der Waals surface area contributed by atoms with Gasteiger partial charge in [-0.05, 0) is 18.1 Å². The van der Waals surface area contributed by atoms with Crippen molar-refractivity contribution in [2.75, 3.05) is 33.1 Å². The SMILES string of the molecule is COCC(Nc1ccccc1S(=O)(=O)N(C)C)C(C)C. The Hall–Kier alpha value is -1.11. The number of para-hydroxylation sites is 1. The summed E-state index contributed by atoms with van der Waals surface area (Å²) in [6.07, 6.45) is 0. The van der Waals surface area contributed by atoms with Crippen molar-refractivity contribution < 1.29 is 13.2 Å². The highest BCUT2D eigenvalue weighted by Crippen LogP contribution is 2.24. The molecule has 0 fully saturated rings. The van der Waals surface area contributed by atoms with Gasteiger partial charge in [0.25, 0.3) is 0 Å². The molecule has 0 aliphatic rings.